The van der Waals surface area contributed by atoms with E-state index in [9.17, 15) is 0 Å². The third-order valence-corrected chi connectivity index (χ3v) is 13.2. The molecule has 0 atom stereocenters. The monoisotopic (exact) mass is 890 g/mol. The molecule has 11 rings (SSSR count). The van der Waals surface area contributed by atoms with E-state index in [2.05, 4.69) is 303 Å². The van der Waals surface area contributed by atoms with E-state index in [1.54, 1.807) is 0 Å². The Balaban J connectivity index is 0.981. The fraction of sp³-hybridized carbons (Fsp3) is 0. The SMILES string of the molecule is C(=Cc1cc2cc3ccccc3cc2cc1/C=C\c1ccccc1/C=C(/c1ccccc1)c1ccc(-c2ccccc2)cc1)c1ccccc1/C=C(/c1ccccc1)c1ccc(-c2ccccc2)cc1. The van der Waals surface area contributed by atoms with Crippen molar-refractivity contribution in [2.45, 2.75) is 0 Å². The normalized spacial score (nSPS) is 12.1. The van der Waals surface area contributed by atoms with Crippen LogP contribution in [0.5, 0.6) is 0 Å². The molecule has 0 N–H and O–H groups in total. The summed E-state index contributed by atoms with van der Waals surface area (Å²) in [7, 11) is 0. The summed E-state index contributed by atoms with van der Waals surface area (Å²) in [5.41, 5.74) is 18.8. The predicted octanol–water partition coefficient (Wildman–Crippen LogP) is 18.8. The van der Waals surface area contributed by atoms with Gasteiger partial charge in [0.1, 0.15) is 0 Å². The van der Waals surface area contributed by atoms with Crippen molar-refractivity contribution in [3.05, 3.63) is 323 Å². The zero-order valence-corrected chi connectivity index (χ0v) is 38.9. The molecule has 70 heavy (non-hydrogen) atoms. The van der Waals surface area contributed by atoms with Crippen LogP contribution in [-0.2, 0) is 0 Å². The maximum atomic E-state index is 2.35. The zero-order chi connectivity index (χ0) is 46.9. The summed E-state index contributed by atoms with van der Waals surface area (Å²) in [6.45, 7) is 0. The van der Waals surface area contributed by atoms with Crippen LogP contribution in [-0.4, -0.2) is 0 Å². The first-order valence-electron chi connectivity index (χ1n) is 24.1. The second-order valence-corrected chi connectivity index (χ2v) is 17.7. The van der Waals surface area contributed by atoms with Crippen LogP contribution in [0.2, 0.25) is 0 Å². The van der Waals surface area contributed by atoms with E-state index in [-0.39, 0.29) is 0 Å². The molecule has 0 nitrogen and oxygen atoms in total. The van der Waals surface area contributed by atoms with E-state index in [4.69, 9.17) is 0 Å². The highest BCUT2D eigenvalue weighted by Gasteiger charge is 2.11. The van der Waals surface area contributed by atoms with Crippen molar-refractivity contribution in [3.8, 4) is 22.3 Å². The summed E-state index contributed by atoms with van der Waals surface area (Å²) in [5, 5.41) is 4.89. The van der Waals surface area contributed by atoms with E-state index in [1.807, 2.05) is 0 Å². The summed E-state index contributed by atoms with van der Waals surface area (Å²) in [6, 6.07) is 95.9. The topological polar surface area (TPSA) is 0 Å². The van der Waals surface area contributed by atoms with Gasteiger partial charge in [-0.1, -0.05) is 267 Å². The number of benzene rings is 11. The van der Waals surface area contributed by atoms with Crippen molar-refractivity contribution in [3.63, 3.8) is 0 Å². The number of hydrogen-bond acceptors (Lipinski definition) is 0. The first kappa shape index (κ1) is 43.5. The molecule has 11 aromatic rings. The average molecular weight is 891 g/mol. The molecule has 0 heterocycles. The summed E-state index contributed by atoms with van der Waals surface area (Å²) in [5.74, 6) is 0. The first-order chi connectivity index (χ1) is 34.7. The van der Waals surface area contributed by atoms with E-state index in [1.165, 1.54) is 77.2 Å². The largest absolute Gasteiger partial charge is 0.0622 e. The highest BCUT2D eigenvalue weighted by molar-refractivity contribution is 6.02. The van der Waals surface area contributed by atoms with Gasteiger partial charge in [0.2, 0.25) is 0 Å². The standard InChI is InChI=1S/C70H50/c1-5-19-51(20-6-1)55-33-39-59(40-34-55)69(57-25-9-3-10-26-57)49-63-31-15-13-23-53(63)37-43-65-47-67-45-61-29-17-18-30-62(61)46-68(67)48-66(65)44-38-54-24-14-16-32-64(54)50-70(58-27-11-4-12-28-58)60-41-35-56(36-42-60)52-21-7-2-8-22-52/h1-50H/b43-37-,44-38?,69-49-,70-50-. The molecule has 0 aromatic heterocycles. The lowest BCUT2D eigenvalue weighted by Gasteiger charge is -2.12. The molecule has 0 aliphatic heterocycles. The minimum absolute atomic E-state index is 1.14. The Morgan fingerprint density at radius 3 is 0.871 bits per heavy atom. The minimum Gasteiger partial charge on any atom is -0.0622 e. The molecule has 0 aliphatic carbocycles. The molecule has 0 bridgehead atoms. The van der Waals surface area contributed by atoms with E-state index in [0.29, 0.717) is 0 Å². The summed E-state index contributed by atoms with van der Waals surface area (Å²) in [6.07, 6.45) is 13.8. The van der Waals surface area contributed by atoms with Crippen molar-refractivity contribution >= 4 is 69.1 Å². The Kier molecular flexibility index (Phi) is 12.7. The second kappa shape index (κ2) is 20.4. The van der Waals surface area contributed by atoms with E-state index < -0.39 is 0 Å². The lowest BCUT2D eigenvalue weighted by molar-refractivity contribution is 1.53. The summed E-state index contributed by atoms with van der Waals surface area (Å²) < 4.78 is 0. The van der Waals surface area contributed by atoms with Crippen molar-refractivity contribution in [1.82, 2.24) is 0 Å². The third-order valence-electron chi connectivity index (χ3n) is 13.2. The molecule has 0 saturated carbocycles. The van der Waals surface area contributed by atoms with Gasteiger partial charge < -0.3 is 0 Å². The van der Waals surface area contributed by atoms with Gasteiger partial charge in [0, 0.05) is 0 Å². The Morgan fingerprint density at radius 1 is 0.200 bits per heavy atom. The zero-order valence-electron chi connectivity index (χ0n) is 38.9. The molecular formula is C70H50. The highest BCUT2D eigenvalue weighted by atomic mass is 14.2. The molecule has 0 fully saturated rings. The fourth-order valence-corrected chi connectivity index (χ4v) is 9.42. The van der Waals surface area contributed by atoms with Gasteiger partial charge >= 0.3 is 0 Å². The van der Waals surface area contributed by atoms with Gasteiger partial charge in [-0.25, -0.2) is 0 Å². The van der Waals surface area contributed by atoms with Crippen molar-refractivity contribution in [2.24, 2.45) is 0 Å². The van der Waals surface area contributed by atoms with Crippen molar-refractivity contribution < 1.29 is 0 Å². The minimum atomic E-state index is 1.14. The average Bonchev–Trinajstić information content (AvgIpc) is 3.43. The van der Waals surface area contributed by atoms with Gasteiger partial charge in [-0.05, 0) is 147 Å². The van der Waals surface area contributed by atoms with Gasteiger partial charge in [0.05, 0.1) is 0 Å². The number of hydrogen-bond donors (Lipinski definition) is 0. The van der Waals surface area contributed by atoms with Crippen LogP contribution < -0.4 is 0 Å². The van der Waals surface area contributed by atoms with Gasteiger partial charge in [0.15, 0.2) is 0 Å². The van der Waals surface area contributed by atoms with Crippen LogP contribution in [0.3, 0.4) is 0 Å². The Hall–Kier alpha value is -9.10. The van der Waals surface area contributed by atoms with Crippen molar-refractivity contribution in [2.75, 3.05) is 0 Å². The molecule has 0 heteroatoms. The highest BCUT2D eigenvalue weighted by Crippen LogP contribution is 2.34. The van der Waals surface area contributed by atoms with Crippen LogP contribution in [0.15, 0.2) is 267 Å². The maximum Gasteiger partial charge on any atom is -0.0105 e. The second-order valence-electron chi connectivity index (χ2n) is 17.7. The Bertz CT molecular complexity index is 3440. The predicted molar refractivity (Wildman–Crippen MR) is 303 cm³/mol. The lowest BCUT2D eigenvalue weighted by Crippen LogP contribution is -1.91. The molecule has 0 saturated heterocycles. The van der Waals surface area contributed by atoms with Crippen LogP contribution in [0.1, 0.15) is 55.6 Å². The van der Waals surface area contributed by atoms with Crippen LogP contribution in [0, 0.1) is 0 Å². The number of rotatable bonds is 12. The Morgan fingerprint density at radius 2 is 0.486 bits per heavy atom. The molecule has 0 unspecified atom stereocenters. The number of fused-ring (bicyclic) bond motifs is 2. The van der Waals surface area contributed by atoms with Crippen LogP contribution >= 0.6 is 0 Å². The summed E-state index contributed by atoms with van der Waals surface area (Å²) >= 11 is 0. The van der Waals surface area contributed by atoms with Crippen LogP contribution in [0.4, 0.5) is 0 Å². The van der Waals surface area contributed by atoms with Gasteiger partial charge in [-0.15, -0.1) is 0 Å². The fourth-order valence-electron chi connectivity index (χ4n) is 9.42. The Labute approximate surface area is 411 Å². The van der Waals surface area contributed by atoms with Gasteiger partial charge in [0.25, 0.3) is 0 Å². The molecule has 0 spiro atoms. The molecular weight excluding hydrogens is 841 g/mol. The quantitative estimate of drug-likeness (QED) is 0.0847. The summed E-state index contributed by atoms with van der Waals surface area (Å²) in [4.78, 5) is 0. The lowest BCUT2D eigenvalue weighted by atomic mass is 9.92. The smallest absolute Gasteiger partial charge is 0.0105 e. The van der Waals surface area contributed by atoms with Gasteiger partial charge in [-0.2, -0.15) is 0 Å². The van der Waals surface area contributed by atoms with Crippen LogP contribution in [0.25, 0.3) is 91.4 Å². The third kappa shape index (κ3) is 9.81. The molecule has 0 amide bonds. The molecule has 0 radical (unpaired) electrons. The molecule has 0 aliphatic rings. The van der Waals surface area contributed by atoms with Gasteiger partial charge in [-0.3, -0.25) is 0 Å². The van der Waals surface area contributed by atoms with Crippen molar-refractivity contribution in [1.29, 1.82) is 0 Å². The molecule has 330 valence electrons. The molecule has 11 aromatic carbocycles. The van der Waals surface area contributed by atoms with E-state index in [0.717, 1.165) is 33.4 Å². The maximum absolute atomic E-state index is 2.35. The first-order valence-corrected chi connectivity index (χ1v) is 24.1. The van der Waals surface area contributed by atoms with E-state index >= 15 is 0 Å².